The van der Waals surface area contributed by atoms with E-state index in [1.807, 2.05) is 18.2 Å². The number of thiophene rings is 1. The maximum Gasteiger partial charge on any atom is 0.229 e. The zero-order valence-electron chi connectivity index (χ0n) is 14.4. The van der Waals surface area contributed by atoms with Gasteiger partial charge < -0.3 is 0 Å². The molecule has 1 aliphatic carbocycles. The van der Waals surface area contributed by atoms with Crippen LogP contribution in [0.1, 0.15) is 27.1 Å². The zero-order chi connectivity index (χ0) is 18.1. The summed E-state index contributed by atoms with van der Waals surface area (Å²) in [5.41, 5.74) is 6.75. The quantitative estimate of drug-likeness (QED) is 0.708. The van der Waals surface area contributed by atoms with Crippen molar-refractivity contribution in [3.8, 4) is 0 Å². The van der Waals surface area contributed by atoms with E-state index in [4.69, 9.17) is 0 Å². The summed E-state index contributed by atoms with van der Waals surface area (Å²) in [5, 5.41) is 2.15. The molecule has 0 radical (unpaired) electrons. The number of hydrogen-bond acceptors (Lipinski definition) is 3. The summed E-state index contributed by atoms with van der Waals surface area (Å²) in [5.74, 6) is 0. The van der Waals surface area contributed by atoms with Gasteiger partial charge in [0.2, 0.25) is 10.0 Å². The van der Waals surface area contributed by atoms with Gasteiger partial charge in [0, 0.05) is 16.1 Å². The van der Waals surface area contributed by atoms with Crippen molar-refractivity contribution in [1.29, 1.82) is 0 Å². The van der Waals surface area contributed by atoms with Gasteiger partial charge in [0.05, 0.1) is 6.26 Å². The Balaban J connectivity index is 1.84. The van der Waals surface area contributed by atoms with Crippen molar-refractivity contribution in [3.05, 3.63) is 87.1 Å². The average molecular weight is 382 g/mol. The second-order valence-electron chi connectivity index (χ2n) is 6.49. The van der Waals surface area contributed by atoms with Crippen LogP contribution in [-0.2, 0) is 22.9 Å². The van der Waals surface area contributed by atoms with E-state index in [-0.39, 0.29) is 0 Å². The van der Waals surface area contributed by atoms with Crippen LogP contribution in [-0.4, -0.2) is 14.7 Å². The van der Waals surface area contributed by atoms with Crippen LogP contribution in [0.25, 0.3) is 11.6 Å². The molecular weight excluding hydrogens is 362 g/mol. The molecule has 0 bridgehead atoms. The van der Waals surface area contributed by atoms with Crippen LogP contribution in [0.3, 0.4) is 0 Å². The third-order valence-corrected chi connectivity index (χ3v) is 6.06. The van der Waals surface area contributed by atoms with Crippen molar-refractivity contribution in [2.45, 2.75) is 12.8 Å². The van der Waals surface area contributed by atoms with E-state index in [2.05, 4.69) is 46.5 Å². The Morgan fingerprint density at radius 2 is 1.81 bits per heavy atom. The number of anilines is 1. The van der Waals surface area contributed by atoms with Gasteiger partial charge in [-0.1, -0.05) is 36.4 Å². The minimum Gasteiger partial charge on any atom is -0.284 e. The fourth-order valence-electron chi connectivity index (χ4n) is 3.38. The molecule has 2 aromatic carbocycles. The number of nitrogens with one attached hydrogen (secondary N) is 1. The van der Waals surface area contributed by atoms with E-state index in [1.54, 1.807) is 17.4 Å². The maximum atomic E-state index is 11.5. The van der Waals surface area contributed by atoms with Gasteiger partial charge in [0.25, 0.3) is 0 Å². The molecule has 3 nitrogen and oxygen atoms in total. The summed E-state index contributed by atoms with van der Waals surface area (Å²) >= 11 is 1.76. The molecule has 132 valence electrons. The van der Waals surface area contributed by atoms with E-state index in [0.29, 0.717) is 5.69 Å². The van der Waals surface area contributed by atoms with Gasteiger partial charge in [-0.25, -0.2) is 8.42 Å². The fraction of sp³-hybridized carbons (Fsp3) is 0.143. The van der Waals surface area contributed by atoms with Crippen LogP contribution >= 0.6 is 11.3 Å². The molecule has 0 aliphatic heterocycles. The molecule has 0 saturated carbocycles. The van der Waals surface area contributed by atoms with E-state index >= 15 is 0 Å². The van der Waals surface area contributed by atoms with Gasteiger partial charge in [0.1, 0.15) is 0 Å². The third-order valence-electron chi connectivity index (χ3n) is 4.46. The fourth-order valence-corrected chi connectivity index (χ4v) is 4.92. The first-order chi connectivity index (χ1) is 12.5. The molecule has 0 saturated heterocycles. The first kappa shape index (κ1) is 17.1. The van der Waals surface area contributed by atoms with E-state index in [9.17, 15) is 8.42 Å². The number of hydrogen-bond donors (Lipinski definition) is 1. The van der Waals surface area contributed by atoms with Gasteiger partial charge in [-0.15, -0.1) is 11.3 Å². The summed E-state index contributed by atoms with van der Waals surface area (Å²) in [6.07, 6.45) is 5.40. The predicted octanol–water partition coefficient (Wildman–Crippen LogP) is 4.81. The van der Waals surface area contributed by atoms with Crippen LogP contribution in [0.4, 0.5) is 5.69 Å². The molecule has 1 aromatic heterocycles. The second kappa shape index (κ2) is 6.74. The molecule has 1 N–H and O–H groups in total. The van der Waals surface area contributed by atoms with E-state index in [1.165, 1.54) is 27.1 Å². The Hall–Kier alpha value is -2.37. The molecule has 0 unspecified atom stereocenters. The summed E-state index contributed by atoms with van der Waals surface area (Å²) in [4.78, 5) is 1.30. The lowest BCUT2D eigenvalue weighted by molar-refractivity contribution is 0.607. The summed E-state index contributed by atoms with van der Waals surface area (Å²) in [6, 6.07) is 18.3. The van der Waals surface area contributed by atoms with Crippen LogP contribution in [0.5, 0.6) is 0 Å². The van der Waals surface area contributed by atoms with Crippen molar-refractivity contribution in [2.75, 3.05) is 11.0 Å². The lowest BCUT2D eigenvalue weighted by Crippen LogP contribution is -2.09. The van der Waals surface area contributed by atoms with E-state index < -0.39 is 10.0 Å². The molecule has 5 heteroatoms. The van der Waals surface area contributed by atoms with Crippen molar-refractivity contribution in [2.24, 2.45) is 0 Å². The number of aryl methyl sites for hydroxylation is 2. The Labute approximate surface area is 158 Å². The first-order valence-electron chi connectivity index (χ1n) is 8.44. The largest absolute Gasteiger partial charge is 0.284 e. The summed E-state index contributed by atoms with van der Waals surface area (Å²) in [6.45, 7) is 0. The second-order valence-corrected chi connectivity index (χ2v) is 9.15. The molecule has 1 aliphatic rings. The first-order valence-corrected chi connectivity index (χ1v) is 11.2. The van der Waals surface area contributed by atoms with Gasteiger partial charge in [0.15, 0.2) is 0 Å². The molecular formula is C21H19NO2S2. The lowest BCUT2D eigenvalue weighted by Gasteiger charge is -2.10. The van der Waals surface area contributed by atoms with Gasteiger partial charge in [-0.3, -0.25) is 4.72 Å². The predicted molar refractivity (Wildman–Crippen MR) is 110 cm³/mol. The Morgan fingerprint density at radius 3 is 2.65 bits per heavy atom. The van der Waals surface area contributed by atoms with Crippen molar-refractivity contribution >= 4 is 38.7 Å². The highest BCUT2D eigenvalue weighted by atomic mass is 32.2. The topological polar surface area (TPSA) is 46.2 Å². The molecule has 3 aromatic rings. The Bertz CT molecular complexity index is 1090. The SMILES string of the molecule is CS(=O)(=O)Nc1cccc(/C=C2/c3ccccc3CCc3ccsc32)c1. The highest BCUT2D eigenvalue weighted by Gasteiger charge is 2.19. The van der Waals surface area contributed by atoms with Crippen LogP contribution in [0, 0.1) is 0 Å². The van der Waals surface area contributed by atoms with Crippen molar-refractivity contribution < 1.29 is 8.42 Å². The van der Waals surface area contributed by atoms with Crippen LogP contribution in [0.2, 0.25) is 0 Å². The van der Waals surface area contributed by atoms with Gasteiger partial charge in [-0.2, -0.15) is 0 Å². The standard InChI is InChI=1S/C21H19NO2S2/c1-26(23,24)22-18-7-4-5-15(13-18)14-20-19-8-3-2-6-16(19)9-10-17-11-12-25-21(17)20/h2-8,11-14,22H,9-10H2,1H3/b20-14-. The smallest absolute Gasteiger partial charge is 0.229 e. The highest BCUT2D eigenvalue weighted by Crippen LogP contribution is 2.38. The molecule has 1 heterocycles. The minimum atomic E-state index is -3.29. The molecule has 0 amide bonds. The van der Waals surface area contributed by atoms with E-state index in [0.717, 1.165) is 24.7 Å². The Kier molecular flexibility index (Phi) is 4.42. The van der Waals surface area contributed by atoms with Crippen LogP contribution < -0.4 is 4.72 Å². The highest BCUT2D eigenvalue weighted by molar-refractivity contribution is 7.92. The maximum absolute atomic E-state index is 11.5. The lowest BCUT2D eigenvalue weighted by atomic mass is 9.97. The molecule has 0 atom stereocenters. The van der Waals surface area contributed by atoms with Crippen molar-refractivity contribution in [3.63, 3.8) is 0 Å². The third kappa shape index (κ3) is 3.59. The zero-order valence-corrected chi connectivity index (χ0v) is 16.0. The average Bonchev–Trinajstić information content (AvgIpc) is 3.00. The Morgan fingerprint density at radius 1 is 1.00 bits per heavy atom. The summed E-state index contributed by atoms with van der Waals surface area (Å²) in [7, 11) is -3.29. The monoisotopic (exact) mass is 381 g/mol. The normalized spacial score (nSPS) is 15.2. The van der Waals surface area contributed by atoms with Crippen LogP contribution in [0.15, 0.2) is 60.0 Å². The number of fused-ring (bicyclic) bond motifs is 2. The molecule has 4 rings (SSSR count). The van der Waals surface area contributed by atoms with Gasteiger partial charge >= 0.3 is 0 Å². The van der Waals surface area contributed by atoms with Gasteiger partial charge in [-0.05, 0) is 64.8 Å². The van der Waals surface area contributed by atoms with Crippen molar-refractivity contribution in [1.82, 2.24) is 0 Å². The number of benzene rings is 2. The number of rotatable bonds is 3. The molecule has 0 spiro atoms. The molecule has 0 fully saturated rings. The number of sulfonamides is 1. The summed E-state index contributed by atoms with van der Waals surface area (Å²) < 4.78 is 25.6. The molecule has 26 heavy (non-hydrogen) atoms. The minimum absolute atomic E-state index is 0.579.